The van der Waals surface area contributed by atoms with Crippen molar-refractivity contribution in [3.05, 3.63) is 23.8 Å². The number of carbonyl (C=O) groups is 3. The summed E-state index contributed by atoms with van der Waals surface area (Å²) >= 11 is 0. The molecule has 7 heteroatoms. The summed E-state index contributed by atoms with van der Waals surface area (Å²) in [6.07, 6.45) is 0. The van der Waals surface area contributed by atoms with E-state index >= 15 is 0 Å². The molecule has 1 fully saturated rings. The lowest BCUT2D eigenvalue weighted by molar-refractivity contribution is -0.129. The molecule has 2 rings (SSSR count). The minimum atomic E-state index is -0.470. The van der Waals surface area contributed by atoms with E-state index in [2.05, 4.69) is 5.32 Å². The number of nitrogen functional groups attached to an aromatic ring is 1. The average Bonchev–Trinajstić information content (AvgIpc) is 2.61. The van der Waals surface area contributed by atoms with E-state index in [1.54, 1.807) is 12.1 Å². The van der Waals surface area contributed by atoms with Crippen molar-refractivity contribution in [2.24, 2.45) is 0 Å². The lowest BCUT2D eigenvalue weighted by atomic mass is 10.1. The minimum absolute atomic E-state index is 0.00137. The molecular weight excluding hydrogens is 260 g/mol. The van der Waals surface area contributed by atoms with E-state index < -0.39 is 11.9 Å². The van der Waals surface area contributed by atoms with Gasteiger partial charge in [-0.15, -0.1) is 0 Å². The van der Waals surface area contributed by atoms with Crippen LogP contribution >= 0.6 is 0 Å². The van der Waals surface area contributed by atoms with Crippen LogP contribution in [0.15, 0.2) is 18.2 Å². The number of rotatable bonds is 3. The van der Waals surface area contributed by atoms with E-state index in [-0.39, 0.29) is 19.0 Å². The zero-order chi connectivity index (χ0) is 14.9. The molecule has 1 aromatic rings. The second-order valence-corrected chi connectivity index (χ2v) is 4.71. The number of amides is 4. The van der Waals surface area contributed by atoms with Gasteiger partial charge in [0, 0.05) is 7.05 Å². The Bertz CT molecular complexity index is 565. The molecule has 0 bridgehead atoms. The Morgan fingerprint density at radius 2 is 2.10 bits per heavy atom. The first-order chi connectivity index (χ1) is 9.40. The molecule has 0 radical (unpaired) electrons. The highest BCUT2D eigenvalue weighted by atomic mass is 16.2. The van der Waals surface area contributed by atoms with E-state index in [1.165, 1.54) is 11.9 Å². The van der Waals surface area contributed by atoms with E-state index in [0.717, 1.165) is 10.5 Å². The highest BCUT2D eigenvalue weighted by Crippen LogP contribution is 2.22. The number of hydrogen-bond acceptors (Lipinski definition) is 4. The number of para-hydroxylation sites is 1. The summed E-state index contributed by atoms with van der Waals surface area (Å²) < 4.78 is 0. The van der Waals surface area contributed by atoms with Gasteiger partial charge in [-0.25, -0.2) is 4.79 Å². The third-order valence-electron chi connectivity index (χ3n) is 3.10. The summed E-state index contributed by atoms with van der Waals surface area (Å²) in [5, 5.41) is 2.63. The zero-order valence-corrected chi connectivity index (χ0v) is 11.3. The van der Waals surface area contributed by atoms with Crippen LogP contribution in [0.2, 0.25) is 0 Å². The largest absolute Gasteiger partial charge is 0.397 e. The maximum atomic E-state index is 11.9. The zero-order valence-electron chi connectivity index (χ0n) is 11.3. The standard InChI is InChI=1S/C13H16N4O3/c1-8-4-3-5-9(14)12(8)15-10(18)6-17-11(19)7-16(2)13(17)20/h3-5H,6-7,14H2,1-2H3,(H,15,18). The first kappa shape index (κ1) is 13.9. The maximum absolute atomic E-state index is 11.9. The summed E-state index contributed by atoms with van der Waals surface area (Å²) in [5.41, 5.74) is 7.54. The molecule has 0 unspecified atom stereocenters. The van der Waals surface area contributed by atoms with Crippen LogP contribution in [0.3, 0.4) is 0 Å². The SMILES string of the molecule is Cc1cccc(N)c1NC(=O)CN1C(=O)CN(C)C1=O. The third kappa shape index (κ3) is 2.56. The van der Waals surface area contributed by atoms with Crippen LogP contribution in [-0.4, -0.2) is 47.8 Å². The quantitative estimate of drug-likeness (QED) is 0.617. The molecule has 1 heterocycles. The van der Waals surface area contributed by atoms with Crippen molar-refractivity contribution in [3.8, 4) is 0 Å². The number of anilines is 2. The van der Waals surface area contributed by atoms with E-state index in [1.807, 2.05) is 13.0 Å². The van der Waals surface area contributed by atoms with Gasteiger partial charge >= 0.3 is 6.03 Å². The number of imide groups is 1. The van der Waals surface area contributed by atoms with Crippen LogP contribution < -0.4 is 11.1 Å². The van der Waals surface area contributed by atoms with Gasteiger partial charge in [0.2, 0.25) is 5.91 Å². The van der Waals surface area contributed by atoms with Gasteiger partial charge in [0.25, 0.3) is 5.91 Å². The molecular formula is C13H16N4O3. The number of carbonyl (C=O) groups excluding carboxylic acids is 3. The van der Waals surface area contributed by atoms with E-state index in [0.29, 0.717) is 11.4 Å². The second kappa shape index (κ2) is 5.20. The second-order valence-electron chi connectivity index (χ2n) is 4.71. The smallest absolute Gasteiger partial charge is 0.327 e. The first-order valence-corrected chi connectivity index (χ1v) is 6.10. The molecule has 1 aromatic carbocycles. The molecule has 1 saturated heterocycles. The predicted molar refractivity (Wildman–Crippen MR) is 74.0 cm³/mol. The number of hydrogen-bond donors (Lipinski definition) is 2. The Morgan fingerprint density at radius 3 is 2.65 bits per heavy atom. The molecule has 1 aliphatic rings. The molecule has 0 atom stereocenters. The molecule has 20 heavy (non-hydrogen) atoms. The van der Waals surface area contributed by atoms with Crippen LogP contribution in [0.4, 0.5) is 16.2 Å². The minimum Gasteiger partial charge on any atom is -0.397 e. The Balaban J connectivity index is 2.07. The molecule has 1 aliphatic heterocycles. The molecule has 0 saturated carbocycles. The number of benzene rings is 1. The molecule has 0 aromatic heterocycles. The molecule has 4 amide bonds. The Hall–Kier alpha value is -2.57. The summed E-state index contributed by atoms with van der Waals surface area (Å²) in [7, 11) is 1.51. The average molecular weight is 276 g/mol. The highest BCUT2D eigenvalue weighted by molar-refractivity contribution is 6.06. The van der Waals surface area contributed by atoms with E-state index in [4.69, 9.17) is 5.73 Å². The number of nitrogens with two attached hydrogens (primary N) is 1. The normalized spacial score (nSPS) is 14.9. The van der Waals surface area contributed by atoms with Crippen LogP contribution in [0.1, 0.15) is 5.56 Å². The van der Waals surface area contributed by atoms with Crippen molar-refractivity contribution in [1.82, 2.24) is 9.80 Å². The number of aryl methyl sites for hydroxylation is 1. The van der Waals surface area contributed by atoms with Crippen molar-refractivity contribution in [2.45, 2.75) is 6.92 Å². The van der Waals surface area contributed by atoms with Crippen molar-refractivity contribution in [1.29, 1.82) is 0 Å². The van der Waals surface area contributed by atoms with Gasteiger partial charge in [0.15, 0.2) is 0 Å². The van der Waals surface area contributed by atoms with Gasteiger partial charge in [-0.3, -0.25) is 14.5 Å². The Labute approximate surface area is 116 Å². The molecule has 3 N–H and O–H groups in total. The van der Waals surface area contributed by atoms with Crippen LogP contribution in [0.25, 0.3) is 0 Å². The van der Waals surface area contributed by atoms with Gasteiger partial charge in [-0.2, -0.15) is 0 Å². The van der Waals surface area contributed by atoms with Gasteiger partial charge in [-0.1, -0.05) is 12.1 Å². The lowest BCUT2D eigenvalue weighted by Gasteiger charge is -2.15. The van der Waals surface area contributed by atoms with Crippen molar-refractivity contribution in [3.63, 3.8) is 0 Å². The predicted octanol–water partition coefficient (Wildman–Crippen LogP) is 0.410. The Kier molecular flexibility index (Phi) is 3.60. The fourth-order valence-electron chi connectivity index (χ4n) is 2.01. The molecule has 7 nitrogen and oxygen atoms in total. The lowest BCUT2D eigenvalue weighted by Crippen LogP contribution is -2.38. The summed E-state index contributed by atoms with van der Waals surface area (Å²) in [5.74, 6) is -0.839. The van der Waals surface area contributed by atoms with E-state index in [9.17, 15) is 14.4 Å². The van der Waals surface area contributed by atoms with Crippen molar-refractivity contribution in [2.75, 3.05) is 31.2 Å². The summed E-state index contributed by atoms with van der Waals surface area (Å²) in [6, 6.07) is 4.79. The van der Waals surface area contributed by atoms with Gasteiger partial charge in [0.05, 0.1) is 11.4 Å². The van der Waals surface area contributed by atoms with Crippen LogP contribution in [-0.2, 0) is 9.59 Å². The number of urea groups is 1. The van der Waals surface area contributed by atoms with Gasteiger partial charge < -0.3 is 16.0 Å². The molecule has 0 aliphatic carbocycles. The maximum Gasteiger partial charge on any atom is 0.327 e. The van der Waals surface area contributed by atoms with Crippen LogP contribution in [0.5, 0.6) is 0 Å². The number of nitrogens with zero attached hydrogens (tertiary/aromatic N) is 2. The number of nitrogens with one attached hydrogen (secondary N) is 1. The van der Waals surface area contributed by atoms with Gasteiger partial charge in [0.1, 0.15) is 13.1 Å². The first-order valence-electron chi connectivity index (χ1n) is 6.10. The monoisotopic (exact) mass is 276 g/mol. The fraction of sp³-hybridized carbons (Fsp3) is 0.308. The number of likely N-dealkylation sites (N-methyl/N-ethyl adjacent to an activating group) is 1. The van der Waals surface area contributed by atoms with Crippen molar-refractivity contribution >= 4 is 29.2 Å². The molecule has 0 spiro atoms. The highest BCUT2D eigenvalue weighted by Gasteiger charge is 2.34. The van der Waals surface area contributed by atoms with Gasteiger partial charge in [-0.05, 0) is 18.6 Å². The summed E-state index contributed by atoms with van der Waals surface area (Å²) in [4.78, 5) is 37.4. The fourth-order valence-corrected chi connectivity index (χ4v) is 2.01. The summed E-state index contributed by atoms with van der Waals surface area (Å²) in [6.45, 7) is 1.50. The third-order valence-corrected chi connectivity index (χ3v) is 3.10. The van der Waals surface area contributed by atoms with Crippen LogP contribution in [0, 0.1) is 6.92 Å². The molecule has 106 valence electrons. The van der Waals surface area contributed by atoms with Crippen molar-refractivity contribution < 1.29 is 14.4 Å². The topological polar surface area (TPSA) is 95.7 Å². The Morgan fingerprint density at radius 1 is 1.40 bits per heavy atom.